The summed E-state index contributed by atoms with van der Waals surface area (Å²) in [5.74, 6) is 0. The van der Waals surface area contributed by atoms with Crippen LogP contribution < -0.4 is 0 Å². The third-order valence-electron chi connectivity index (χ3n) is 2.36. The molecule has 1 N–H and O–H groups in total. The van der Waals surface area contributed by atoms with Crippen LogP contribution in [0.1, 0.15) is 13.8 Å². The van der Waals surface area contributed by atoms with E-state index in [0.29, 0.717) is 0 Å². The molecule has 86 valence electrons. The average molecular weight is 224 g/mol. The third kappa shape index (κ3) is 7.25. The summed E-state index contributed by atoms with van der Waals surface area (Å²) in [6, 6.07) is 0. The van der Waals surface area contributed by atoms with E-state index < -0.39 is 11.0 Å². The molecule has 0 aromatic carbocycles. The van der Waals surface area contributed by atoms with Crippen molar-refractivity contribution in [3.63, 3.8) is 0 Å². The zero-order valence-corrected chi connectivity index (χ0v) is 9.74. The van der Waals surface area contributed by atoms with Crippen molar-refractivity contribution in [2.75, 3.05) is 39.3 Å². The van der Waals surface area contributed by atoms with Crippen molar-refractivity contribution in [3.05, 3.63) is 0 Å². The largest absolute Gasteiger partial charge is 0.301 e. The third-order valence-corrected chi connectivity index (χ3v) is 2.36. The Morgan fingerprint density at radius 3 is 1.36 bits per heavy atom. The van der Waals surface area contributed by atoms with Gasteiger partial charge in [-0.25, -0.2) is 8.42 Å². The van der Waals surface area contributed by atoms with Crippen LogP contribution in [0.5, 0.6) is 0 Å². The van der Waals surface area contributed by atoms with Crippen molar-refractivity contribution < 1.29 is 13.0 Å². The van der Waals surface area contributed by atoms with E-state index >= 15 is 0 Å². The van der Waals surface area contributed by atoms with Crippen LogP contribution in [0.25, 0.3) is 0 Å². The molecule has 1 aliphatic heterocycles. The molecule has 0 saturated carbocycles. The molecule has 5 nitrogen and oxygen atoms in total. The highest BCUT2D eigenvalue weighted by molar-refractivity contribution is 7.66. The van der Waals surface area contributed by atoms with Crippen molar-refractivity contribution in [1.82, 2.24) is 9.80 Å². The number of hydrogen-bond donors (Lipinski definition) is 2. The number of nitrogens with zero attached hydrogens (tertiary/aromatic N) is 2. The second kappa shape index (κ2) is 8.16. The lowest BCUT2D eigenvalue weighted by Gasteiger charge is -2.33. The maximum Gasteiger partial charge on any atom is 0.254 e. The molecule has 0 amide bonds. The van der Waals surface area contributed by atoms with Gasteiger partial charge >= 0.3 is 0 Å². The minimum Gasteiger partial charge on any atom is -0.301 e. The first-order valence-electron chi connectivity index (χ1n) is 4.88. The van der Waals surface area contributed by atoms with Gasteiger partial charge in [-0.3, -0.25) is 4.55 Å². The van der Waals surface area contributed by atoms with Gasteiger partial charge in [0.15, 0.2) is 0 Å². The summed E-state index contributed by atoms with van der Waals surface area (Å²) < 4.78 is 24.2. The zero-order chi connectivity index (χ0) is 11.0. The highest BCUT2D eigenvalue weighted by Gasteiger charge is 2.12. The zero-order valence-electron chi connectivity index (χ0n) is 8.85. The Bertz CT molecular complexity index is 181. The maximum absolute atomic E-state index is 8.59. The smallest absolute Gasteiger partial charge is 0.254 e. The van der Waals surface area contributed by atoms with Crippen molar-refractivity contribution >= 4 is 11.0 Å². The van der Waals surface area contributed by atoms with Crippen LogP contribution in [0.15, 0.2) is 0 Å². The summed E-state index contributed by atoms with van der Waals surface area (Å²) >= 11 is 0. The van der Waals surface area contributed by atoms with E-state index in [9.17, 15) is 0 Å². The van der Waals surface area contributed by atoms with Crippen LogP contribution in [0.4, 0.5) is 0 Å². The molecule has 0 radical (unpaired) electrons. The fourth-order valence-corrected chi connectivity index (χ4v) is 1.42. The number of thiol groups is 1. The van der Waals surface area contributed by atoms with Crippen LogP contribution in [-0.2, 0) is 11.0 Å². The fraction of sp³-hybridized carbons (Fsp3) is 1.00. The van der Waals surface area contributed by atoms with E-state index in [2.05, 4.69) is 23.6 Å². The predicted molar refractivity (Wildman–Crippen MR) is 57.2 cm³/mol. The van der Waals surface area contributed by atoms with Crippen LogP contribution in [0.3, 0.4) is 0 Å². The van der Waals surface area contributed by atoms with E-state index in [1.807, 2.05) is 0 Å². The predicted octanol–water partition coefficient (Wildman–Crippen LogP) is -0.285. The highest BCUT2D eigenvalue weighted by atomic mass is 32.2. The first kappa shape index (κ1) is 13.8. The molecule has 1 saturated heterocycles. The highest BCUT2D eigenvalue weighted by Crippen LogP contribution is 1.99. The molecule has 0 aromatic heterocycles. The monoisotopic (exact) mass is 224 g/mol. The van der Waals surface area contributed by atoms with Gasteiger partial charge in [0.25, 0.3) is 11.0 Å². The Balaban J connectivity index is 0.000000364. The normalized spacial score (nSPS) is 19.1. The first-order chi connectivity index (χ1) is 6.60. The standard InChI is InChI=1S/C8H18N2.H2O3S/c1-3-9-5-7-10(4-2)8-6-9;1-4(2)3/h3-8H2,1-2H3;4H,(H,1,2,3). The molecule has 1 fully saturated rings. The Labute approximate surface area is 87.5 Å². The van der Waals surface area contributed by atoms with Crippen molar-refractivity contribution in [2.45, 2.75) is 13.8 Å². The van der Waals surface area contributed by atoms with Crippen LogP contribution in [0, 0.1) is 0 Å². The molecule has 14 heavy (non-hydrogen) atoms. The topological polar surface area (TPSA) is 60.9 Å². The Hall–Kier alpha value is -0.170. The molecular formula is C8H20N2O3S. The van der Waals surface area contributed by atoms with E-state index in [-0.39, 0.29) is 0 Å². The molecule has 6 heteroatoms. The minimum atomic E-state index is -3.12. The molecule has 1 aliphatic rings. The molecule has 1 rings (SSSR count). The van der Waals surface area contributed by atoms with Gasteiger partial charge < -0.3 is 9.80 Å². The number of hydrogen-bond acceptors (Lipinski definition) is 4. The van der Waals surface area contributed by atoms with Gasteiger partial charge in [-0.2, -0.15) is 0 Å². The van der Waals surface area contributed by atoms with Crippen molar-refractivity contribution in [1.29, 1.82) is 0 Å². The second-order valence-corrected chi connectivity index (χ2v) is 3.58. The van der Waals surface area contributed by atoms with Gasteiger partial charge in [-0.15, -0.1) is 0 Å². The van der Waals surface area contributed by atoms with E-state index in [4.69, 9.17) is 13.0 Å². The molecule has 0 bridgehead atoms. The van der Waals surface area contributed by atoms with Gasteiger partial charge in [0.05, 0.1) is 0 Å². The Morgan fingerprint density at radius 1 is 1.00 bits per heavy atom. The lowest BCUT2D eigenvalue weighted by Crippen LogP contribution is -2.45. The molecule has 0 unspecified atom stereocenters. The molecule has 0 aromatic rings. The summed E-state index contributed by atoms with van der Waals surface area (Å²) in [5.41, 5.74) is 0. The van der Waals surface area contributed by atoms with Crippen LogP contribution in [0.2, 0.25) is 0 Å². The molecular weight excluding hydrogens is 204 g/mol. The second-order valence-electron chi connectivity index (χ2n) is 3.11. The quantitative estimate of drug-likeness (QED) is 0.499. The number of piperazine rings is 1. The fourth-order valence-electron chi connectivity index (χ4n) is 1.42. The minimum absolute atomic E-state index is 1.22. The van der Waals surface area contributed by atoms with Crippen LogP contribution in [-0.4, -0.2) is 62.0 Å². The lowest BCUT2D eigenvalue weighted by molar-refractivity contribution is 0.142. The van der Waals surface area contributed by atoms with Gasteiger partial charge in [-0.05, 0) is 13.1 Å². The summed E-state index contributed by atoms with van der Waals surface area (Å²) in [5, 5.41) is 0. The molecule has 0 atom stereocenters. The Kier molecular flexibility index (Phi) is 8.07. The van der Waals surface area contributed by atoms with Gasteiger partial charge in [0.1, 0.15) is 0 Å². The molecule has 0 aliphatic carbocycles. The van der Waals surface area contributed by atoms with E-state index in [0.717, 1.165) is 0 Å². The number of likely N-dealkylation sites (N-methyl/N-ethyl adjacent to an activating group) is 2. The van der Waals surface area contributed by atoms with Crippen LogP contribution >= 0.6 is 0 Å². The average Bonchev–Trinajstić information content (AvgIpc) is 2.17. The van der Waals surface area contributed by atoms with E-state index in [1.165, 1.54) is 39.3 Å². The van der Waals surface area contributed by atoms with Crippen molar-refractivity contribution in [2.24, 2.45) is 0 Å². The number of rotatable bonds is 2. The van der Waals surface area contributed by atoms with Gasteiger partial charge in [-0.1, -0.05) is 13.8 Å². The molecule has 1 heterocycles. The maximum atomic E-state index is 8.59. The van der Waals surface area contributed by atoms with Gasteiger partial charge in [0.2, 0.25) is 0 Å². The lowest BCUT2D eigenvalue weighted by atomic mass is 10.3. The summed E-state index contributed by atoms with van der Waals surface area (Å²) in [6.07, 6.45) is 0. The molecule has 0 spiro atoms. The van der Waals surface area contributed by atoms with E-state index in [1.54, 1.807) is 0 Å². The van der Waals surface area contributed by atoms with Gasteiger partial charge in [0, 0.05) is 26.2 Å². The Morgan fingerprint density at radius 2 is 1.21 bits per heavy atom. The summed E-state index contributed by atoms with van der Waals surface area (Å²) in [7, 11) is -3.12. The van der Waals surface area contributed by atoms with Crippen molar-refractivity contribution in [3.8, 4) is 0 Å². The summed E-state index contributed by atoms with van der Waals surface area (Å²) in [4.78, 5) is 5.01. The summed E-state index contributed by atoms with van der Waals surface area (Å²) in [6.45, 7) is 12.0. The first-order valence-corrected chi connectivity index (χ1v) is 6.01. The SMILES string of the molecule is CCN1CCN(CC)CC1.O=[SH](=O)O.